The lowest BCUT2D eigenvalue weighted by Crippen LogP contribution is -2.38. The first kappa shape index (κ1) is 17.5. The fraction of sp³-hybridized carbons (Fsp3) is 0.538. The van der Waals surface area contributed by atoms with E-state index >= 15 is 0 Å². The van der Waals surface area contributed by atoms with Crippen molar-refractivity contribution in [1.29, 1.82) is 0 Å². The molecule has 0 bridgehead atoms. The second-order valence-corrected chi connectivity index (χ2v) is 7.65. The number of hydrogen-bond donors (Lipinski definition) is 2. The van der Waals surface area contributed by atoms with Crippen molar-refractivity contribution in [3.63, 3.8) is 0 Å². The number of aliphatic hydroxyl groups excluding tert-OH is 2. The zero-order valence-corrected chi connectivity index (χ0v) is 14.6. The maximum atomic E-state index is 12.8. The van der Waals surface area contributed by atoms with E-state index in [1.54, 1.807) is 0 Å². The Hall–Kier alpha value is -0.870. The fourth-order valence-corrected chi connectivity index (χ4v) is 5.15. The minimum absolute atomic E-state index is 0.00213. The molecule has 1 aromatic carbocycles. The number of ether oxygens (including phenoxy) is 2. The summed E-state index contributed by atoms with van der Waals surface area (Å²) in [4.78, 5) is -0.00213. The van der Waals surface area contributed by atoms with Gasteiger partial charge in [-0.1, -0.05) is 0 Å². The highest BCUT2D eigenvalue weighted by molar-refractivity contribution is 9.10. The van der Waals surface area contributed by atoms with Gasteiger partial charge in [-0.05, 0) is 28.4 Å². The molecule has 7 nitrogen and oxygen atoms in total. The first-order chi connectivity index (χ1) is 10.3. The minimum atomic E-state index is -3.89. The first-order valence-electron chi connectivity index (χ1n) is 6.57. The molecule has 0 aliphatic carbocycles. The molecule has 0 aromatic heterocycles. The largest absolute Gasteiger partial charge is 0.493 e. The highest BCUT2D eigenvalue weighted by Gasteiger charge is 2.40. The molecule has 0 spiro atoms. The summed E-state index contributed by atoms with van der Waals surface area (Å²) in [5.74, 6) is 0.679. The molecule has 2 rings (SSSR count). The Morgan fingerprint density at radius 2 is 1.91 bits per heavy atom. The Morgan fingerprint density at radius 1 is 1.32 bits per heavy atom. The third-order valence-corrected chi connectivity index (χ3v) is 6.45. The van der Waals surface area contributed by atoms with E-state index < -0.39 is 22.2 Å². The summed E-state index contributed by atoms with van der Waals surface area (Å²) >= 11 is 3.22. The maximum Gasteiger partial charge on any atom is 0.244 e. The molecular formula is C13H18BrNO6S. The standard InChI is InChI=1S/C13H18BrNO6S/c1-20-11-4-10(14)13(5-12(11)21-2)22(18,19)15-6-9(17)3-8(15)7-16/h4-5,8-9,16-17H,3,6-7H2,1-2H3/t8-,9+/m0/s1. The van der Waals surface area contributed by atoms with Crippen LogP contribution in [-0.4, -0.2) is 62.5 Å². The first-order valence-corrected chi connectivity index (χ1v) is 8.80. The lowest BCUT2D eigenvalue weighted by Gasteiger charge is -2.23. The molecule has 0 unspecified atom stereocenters. The predicted octanol–water partition coefficient (Wildman–Crippen LogP) is 0.583. The highest BCUT2D eigenvalue weighted by Crippen LogP contribution is 2.38. The number of halogens is 1. The Morgan fingerprint density at radius 3 is 2.45 bits per heavy atom. The molecule has 0 saturated carbocycles. The van der Waals surface area contributed by atoms with Crippen molar-refractivity contribution in [2.75, 3.05) is 27.4 Å². The lowest BCUT2D eigenvalue weighted by molar-refractivity contribution is 0.184. The van der Waals surface area contributed by atoms with E-state index in [9.17, 15) is 18.6 Å². The van der Waals surface area contributed by atoms with Gasteiger partial charge in [0, 0.05) is 17.1 Å². The SMILES string of the molecule is COc1cc(Br)c(S(=O)(=O)N2C[C@H](O)C[C@H]2CO)cc1OC. The number of β-amino-alcohol motifs (C(OH)–C–C–N with tert-alkyl or cyclic N) is 1. The van der Waals surface area contributed by atoms with Crippen molar-refractivity contribution >= 4 is 26.0 Å². The summed E-state index contributed by atoms with van der Waals surface area (Å²) in [6, 6.07) is 2.23. The van der Waals surface area contributed by atoms with Crippen molar-refractivity contribution in [3.8, 4) is 11.5 Å². The van der Waals surface area contributed by atoms with E-state index in [1.165, 1.54) is 26.4 Å². The number of sulfonamides is 1. The second kappa shape index (κ2) is 6.71. The summed E-state index contributed by atoms with van der Waals surface area (Å²) < 4.78 is 37.3. The molecule has 1 aliphatic heterocycles. The van der Waals surface area contributed by atoms with Gasteiger partial charge >= 0.3 is 0 Å². The van der Waals surface area contributed by atoms with Crippen LogP contribution in [0.1, 0.15) is 6.42 Å². The molecule has 9 heteroatoms. The van der Waals surface area contributed by atoms with E-state index in [0.29, 0.717) is 10.2 Å². The fourth-order valence-electron chi connectivity index (χ4n) is 2.48. The number of hydrogen-bond acceptors (Lipinski definition) is 6. The third kappa shape index (κ3) is 3.09. The molecule has 22 heavy (non-hydrogen) atoms. The average molecular weight is 396 g/mol. The summed E-state index contributed by atoms with van der Waals surface area (Å²) in [5, 5.41) is 19.0. The van der Waals surface area contributed by atoms with Crippen LogP contribution in [0.5, 0.6) is 11.5 Å². The van der Waals surface area contributed by atoms with Crippen molar-refractivity contribution in [2.24, 2.45) is 0 Å². The number of aliphatic hydroxyl groups is 2. The zero-order valence-electron chi connectivity index (χ0n) is 12.2. The van der Waals surface area contributed by atoms with Gasteiger partial charge in [0.05, 0.1) is 33.0 Å². The molecule has 1 saturated heterocycles. The topological polar surface area (TPSA) is 96.3 Å². The van der Waals surface area contributed by atoms with Gasteiger partial charge in [-0.2, -0.15) is 4.31 Å². The molecule has 1 aliphatic rings. The molecule has 1 fully saturated rings. The molecule has 2 atom stereocenters. The van der Waals surface area contributed by atoms with Crippen LogP contribution in [0, 0.1) is 0 Å². The summed E-state index contributed by atoms with van der Waals surface area (Å²) in [7, 11) is -1.02. The van der Waals surface area contributed by atoms with Gasteiger partial charge in [-0.3, -0.25) is 0 Å². The molecular weight excluding hydrogens is 378 g/mol. The maximum absolute atomic E-state index is 12.8. The zero-order chi connectivity index (χ0) is 16.5. The molecule has 0 amide bonds. The predicted molar refractivity (Wildman–Crippen MR) is 82.6 cm³/mol. The number of rotatable bonds is 5. The van der Waals surface area contributed by atoms with Gasteiger partial charge < -0.3 is 19.7 Å². The molecule has 1 aromatic rings. The van der Waals surface area contributed by atoms with Crippen molar-refractivity contribution in [1.82, 2.24) is 4.31 Å². The second-order valence-electron chi connectivity index (χ2n) is 4.94. The summed E-state index contributed by atoms with van der Waals surface area (Å²) in [6.07, 6.45) is -0.577. The van der Waals surface area contributed by atoms with E-state index in [1.807, 2.05) is 0 Å². The summed E-state index contributed by atoms with van der Waals surface area (Å²) in [5.41, 5.74) is 0. The quantitative estimate of drug-likeness (QED) is 0.756. The monoisotopic (exact) mass is 395 g/mol. The van der Waals surface area contributed by atoms with Gasteiger partial charge in [0.15, 0.2) is 11.5 Å². The minimum Gasteiger partial charge on any atom is -0.493 e. The van der Waals surface area contributed by atoms with Crippen LogP contribution in [0.3, 0.4) is 0 Å². The Labute approximate surface area is 137 Å². The molecule has 0 radical (unpaired) electrons. The number of benzene rings is 1. The normalized spacial score (nSPS) is 22.8. The molecule has 2 N–H and O–H groups in total. The Kier molecular flexibility index (Phi) is 5.33. The third-order valence-electron chi connectivity index (χ3n) is 3.58. The number of nitrogens with zero attached hydrogens (tertiary/aromatic N) is 1. The Balaban J connectivity index is 2.50. The van der Waals surface area contributed by atoms with Crippen LogP contribution in [-0.2, 0) is 10.0 Å². The van der Waals surface area contributed by atoms with Gasteiger partial charge in [-0.15, -0.1) is 0 Å². The van der Waals surface area contributed by atoms with Crippen LogP contribution < -0.4 is 9.47 Å². The van der Waals surface area contributed by atoms with Crippen LogP contribution in [0.15, 0.2) is 21.5 Å². The van der Waals surface area contributed by atoms with Gasteiger partial charge in [0.25, 0.3) is 0 Å². The molecule has 124 valence electrons. The van der Waals surface area contributed by atoms with Crippen molar-refractivity contribution < 1.29 is 28.1 Å². The smallest absolute Gasteiger partial charge is 0.244 e. The van der Waals surface area contributed by atoms with Crippen LogP contribution in [0.4, 0.5) is 0 Å². The Bertz CT molecular complexity index is 650. The van der Waals surface area contributed by atoms with E-state index in [-0.39, 0.29) is 30.2 Å². The average Bonchev–Trinajstić information content (AvgIpc) is 2.88. The molecule has 1 heterocycles. The van der Waals surface area contributed by atoms with Gasteiger partial charge in [0.2, 0.25) is 10.0 Å². The van der Waals surface area contributed by atoms with Crippen LogP contribution in [0.25, 0.3) is 0 Å². The van der Waals surface area contributed by atoms with Crippen molar-refractivity contribution in [3.05, 3.63) is 16.6 Å². The highest BCUT2D eigenvalue weighted by atomic mass is 79.9. The van der Waals surface area contributed by atoms with Crippen molar-refractivity contribution in [2.45, 2.75) is 23.5 Å². The lowest BCUT2D eigenvalue weighted by atomic mass is 10.2. The number of methoxy groups -OCH3 is 2. The van der Waals surface area contributed by atoms with E-state index in [4.69, 9.17) is 9.47 Å². The van der Waals surface area contributed by atoms with Crippen LogP contribution >= 0.6 is 15.9 Å². The summed E-state index contributed by atoms with van der Waals surface area (Å²) in [6.45, 7) is -0.393. The van der Waals surface area contributed by atoms with Gasteiger partial charge in [-0.25, -0.2) is 8.42 Å². The van der Waals surface area contributed by atoms with Gasteiger partial charge in [0.1, 0.15) is 4.90 Å². The van der Waals surface area contributed by atoms with Crippen LogP contribution in [0.2, 0.25) is 0 Å². The van der Waals surface area contributed by atoms with E-state index in [0.717, 1.165) is 4.31 Å². The van der Waals surface area contributed by atoms with E-state index in [2.05, 4.69) is 15.9 Å².